The molecule has 1 aromatic heterocycles. The number of hydrogen-bond acceptors (Lipinski definition) is 5. The van der Waals surface area contributed by atoms with Gasteiger partial charge >= 0.3 is 0 Å². The van der Waals surface area contributed by atoms with Crippen molar-refractivity contribution in [3.8, 4) is 5.75 Å². The highest BCUT2D eigenvalue weighted by Gasteiger charge is 2.20. The normalized spacial score (nSPS) is 13.2. The Morgan fingerprint density at radius 2 is 1.90 bits per heavy atom. The molecule has 0 aliphatic carbocycles. The van der Waals surface area contributed by atoms with Gasteiger partial charge in [-0.1, -0.05) is 0 Å². The van der Waals surface area contributed by atoms with E-state index in [2.05, 4.69) is 53.1 Å². The predicted octanol–water partition coefficient (Wildman–Crippen LogP) is 0.666. The first-order valence-corrected chi connectivity index (χ1v) is 7.06. The van der Waals surface area contributed by atoms with Crippen molar-refractivity contribution in [2.75, 3.05) is 55.4 Å². The maximum atomic E-state index is 5.47. The van der Waals surface area contributed by atoms with Crippen LogP contribution in [-0.2, 0) is 6.54 Å². The molecule has 0 amide bonds. The van der Waals surface area contributed by atoms with Crippen molar-refractivity contribution >= 4 is 0 Å². The second-order valence-corrected chi connectivity index (χ2v) is 5.56. The molecule has 1 N–H and O–H groups in total. The molecule has 0 spiro atoms. The summed E-state index contributed by atoms with van der Waals surface area (Å²) in [5.74, 6) is 0.863. The van der Waals surface area contributed by atoms with E-state index in [1.165, 1.54) is 0 Å². The summed E-state index contributed by atoms with van der Waals surface area (Å²) in [6.45, 7) is 2.85. The summed E-state index contributed by atoms with van der Waals surface area (Å²) in [5, 5.41) is 7.85. The third-order valence-corrected chi connectivity index (χ3v) is 3.37. The van der Waals surface area contributed by atoms with Crippen LogP contribution >= 0.6 is 0 Å². The van der Waals surface area contributed by atoms with Crippen molar-refractivity contribution in [3.63, 3.8) is 0 Å². The Morgan fingerprint density at radius 3 is 2.40 bits per heavy atom. The fraction of sp³-hybridized carbons (Fsp3) is 0.786. The summed E-state index contributed by atoms with van der Waals surface area (Å²) in [6.07, 6.45) is 2.83. The molecule has 0 bridgehead atoms. The minimum Gasteiger partial charge on any atom is -0.493 e. The van der Waals surface area contributed by atoms with Crippen molar-refractivity contribution in [1.82, 2.24) is 24.9 Å². The molecule has 0 aliphatic rings. The van der Waals surface area contributed by atoms with Crippen LogP contribution in [0, 0.1) is 0 Å². The number of nitrogens with zero attached hydrogens (tertiary/aromatic N) is 4. The van der Waals surface area contributed by atoms with Gasteiger partial charge in [0.1, 0.15) is 0 Å². The zero-order valence-electron chi connectivity index (χ0n) is 13.7. The minimum atomic E-state index is 0.247. The highest BCUT2D eigenvalue weighted by Crippen LogP contribution is 2.27. The molecule has 0 saturated carbocycles. The van der Waals surface area contributed by atoms with E-state index in [0.717, 1.165) is 37.5 Å². The van der Waals surface area contributed by atoms with Gasteiger partial charge in [0.15, 0.2) is 5.75 Å². The van der Waals surface area contributed by atoms with Crippen molar-refractivity contribution in [1.29, 1.82) is 0 Å². The van der Waals surface area contributed by atoms with E-state index in [0.29, 0.717) is 0 Å². The van der Waals surface area contributed by atoms with Crippen LogP contribution in [0.4, 0.5) is 0 Å². The lowest BCUT2D eigenvalue weighted by atomic mass is 10.1. The largest absolute Gasteiger partial charge is 0.493 e. The standard InChI is InChI=1S/C14H29N5O/c1-15-12(7-8-17(2)3)14-13(20-6)11-16-19(14)10-9-18(4)5/h11-12,15H,7-10H2,1-6H3. The Bertz CT molecular complexity index is 389. The van der Waals surface area contributed by atoms with Gasteiger partial charge in [-0.05, 0) is 48.2 Å². The lowest BCUT2D eigenvalue weighted by Crippen LogP contribution is -2.27. The number of rotatable bonds is 9. The molecule has 1 unspecified atom stereocenters. The van der Waals surface area contributed by atoms with Gasteiger partial charge in [0.25, 0.3) is 0 Å². The van der Waals surface area contributed by atoms with Gasteiger partial charge in [-0.3, -0.25) is 4.68 Å². The first kappa shape index (κ1) is 16.9. The molecular formula is C14H29N5O. The fourth-order valence-electron chi connectivity index (χ4n) is 2.16. The van der Waals surface area contributed by atoms with Crippen molar-refractivity contribution in [2.45, 2.75) is 19.0 Å². The van der Waals surface area contributed by atoms with Gasteiger partial charge in [0.2, 0.25) is 0 Å². The molecule has 0 aliphatic heterocycles. The fourth-order valence-corrected chi connectivity index (χ4v) is 2.16. The number of likely N-dealkylation sites (N-methyl/N-ethyl adjacent to an activating group) is 1. The van der Waals surface area contributed by atoms with Crippen LogP contribution in [0.2, 0.25) is 0 Å². The monoisotopic (exact) mass is 283 g/mol. The van der Waals surface area contributed by atoms with Crippen LogP contribution in [0.3, 0.4) is 0 Å². The first-order valence-electron chi connectivity index (χ1n) is 7.06. The molecule has 1 aromatic rings. The van der Waals surface area contributed by atoms with Crippen LogP contribution < -0.4 is 10.1 Å². The Kier molecular flexibility index (Phi) is 6.98. The molecule has 116 valence electrons. The summed E-state index contributed by atoms with van der Waals surface area (Å²) in [6, 6.07) is 0.247. The van der Waals surface area contributed by atoms with E-state index in [4.69, 9.17) is 4.74 Å². The molecule has 20 heavy (non-hydrogen) atoms. The average Bonchev–Trinajstić information content (AvgIpc) is 2.80. The maximum Gasteiger partial charge on any atom is 0.161 e. The molecule has 6 nitrogen and oxygen atoms in total. The van der Waals surface area contributed by atoms with Gasteiger partial charge in [0.05, 0.1) is 31.6 Å². The van der Waals surface area contributed by atoms with Crippen molar-refractivity contribution in [3.05, 3.63) is 11.9 Å². The van der Waals surface area contributed by atoms with E-state index < -0.39 is 0 Å². The Hall–Kier alpha value is -1.11. The van der Waals surface area contributed by atoms with E-state index in [9.17, 15) is 0 Å². The first-order chi connectivity index (χ1) is 9.49. The molecule has 6 heteroatoms. The van der Waals surface area contributed by atoms with Crippen LogP contribution in [0.15, 0.2) is 6.20 Å². The summed E-state index contributed by atoms with van der Waals surface area (Å²) >= 11 is 0. The number of nitrogens with one attached hydrogen (secondary N) is 1. The van der Waals surface area contributed by atoms with E-state index in [1.54, 1.807) is 7.11 Å². The quantitative estimate of drug-likeness (QED) is 0.721. The molecular weight excluding hydrogens is 254 g/mol. The highest BCUT2D eigenvalue weighted by molar-refractivity contribution is 5.28. The highest BCUT2D eigenvalue weighted by atomic mass is 16.5. The smallest absolute Gasteiger partial charge is 0.161 e. The van der Waals surface area contributed by atoms with Crippen LogP contribution in [-0.4, -0.2) is 75.0 Å². The topological polar surface area (TPSA) is 45.6 Å². The van der Waals surface area contributed by atoms with Crippen molar-refractivity contribution in [2.24, 2.45) is 0 Å². The summed E-state index contributed by atoms with van der Waals surface area (Å²) in [7, 11) is 12.0. The van der Waals surface area contributed by atoms with Crippen molar-refractivity contribution < 1.29 is 4.74 Å². The van der Waals surface area contributed by atoms with Gasteiger partial charge in [-0.25, -0.2) is 0 Å². The Labute approximate surface area is 122 Å². The molecule has 1 atom stereocenters. The van der Waals surface area contributed by atoms with Gasteiger partial charge < -0.3 is 19.9 Å². The van der Waals surface area contributed by atoms with E-state index in [-0.39, 0.29) is 6.04 Å². The zero-order chi connectivity index (χ0) is 15.1. The molecule has 0 saturated heterocycles. The number of ether oxygens (including phenoxy) is 1. The Balaban J connectivity index is 2.89. The second kappa shape index (κ2) is 8.24. The lowest BCUT2D eigenvalue weighted by Gasteiger charge is -2.21. The summed E-state index contributed by atoms with van der Waals surface area (Å²) in [5.41, 5.74) is 1.14. The SMILES string of the molecule is CNC(CCN(C)C)c1c(OC)cnn1CCN(C)C. The Morgan fingerprint density at radius 1 is 1.25 bits per heavy atom. The van der Waals surface area contributed by atoms with Gasteiger partial charge in [-0.2, -0.15) is 5.10 Å². The summed E-state index contributed by atoms with van der Waals surface area (Å²) in [4.78, 5) is 4.35. The van der Waals surface area contributed by atoms with Crippen LogP contribution in [0.1, 0.15) is 18.2 Å². The van der Waals surface area contributed by atoms with Crippen LogP contribution in [0.5, 0.6) is 5.75 Å². The minimum absolute atomic E-state index is 0.247. The third kappa shape index (κ3) is 4.77. The zero-order valence-corrected chi connectivity index (χ0v) is 13.7. The van der Waals surface area contributed by atoms with E-state index in [1.807, 2.05) is 13.2 Å². The number of aromatic nitrogens is 2. The number of hydrogen-bond donors (Lipinski definition) is 1. The maximum absolute atomic E-state index is 5.47. The third-order valence-electron chi connectivity index (χ3n) is 3.37. The molecule has 1 heterocycles. The molecule has 0 fully saturated rings. The van der Waals surface area contributed by atoms with E-state index >= 15 is 0 Å². The van der Waals surface area contributed by atoms with Gasteiger partial charge in [-0.15, -0.1) is 0 Å². The summed E-state index contributed by atoms with van der Waals surface area (Å²) < 4.78 is 7.52. The lowest BCUT2D eigenvalue weighted by molar-refractivity contribution is 0.334. The predicted molar refractivity (Wildman–Crippen MR) is 82.3 cm³/mol. The molecule has 1 rings (SSSR count). The van der Waals surface area contributed by atoms with Crippen LogP contribution in [0.25, 0.3) is 0 Å². The molecule has 0 radical (unpaired) electrons. The average molecular weight is 283 g/mol. The molecule has 0 aromatic carbocycles. The second-order valence-electron chi connectivity index (χ2n) is 5.56. The number of methoxy groups -OCH3 is 1. The van der Waals surface area contributed by atoms with Gasteiger partial charge in [0, 0.05) is 6.54 Å².